The topological polar surface area (TPSA) is 154 Å². The van der Waals surface area contributed by atoms with Gasteiger partial charge in [0.2, 0.25) is 5.95 Å². The number of nitrogens with zero attached hydrogens (tertiary/aromatic N) is 4. The van der Waals surface area contributed by atoms with Crippen LogP contribution >= 0.6 is 11.6 Å². The number of pyridine rings is 1. The van der Waals surface area contributed by atoms with E-state index >= 15 is 0 Å². The average molecular weight is 683 g/mol. The monoisotopic (exact) mass is 682 g/mol. The number of halogens is 4. The molecule has 5 rings (SSSR count). The van der Waals surface area contributed by atoms with Crippen LogP contribution < -0.4 is 27.2 Å². The van der Waals surface area contributed by atoms with E-state index in [0.717, 1.165) is 9.13 Å². The van der Waals surface area contributed by atoms with Gasteiger partial charge in [0.05, 0.1) is 36.2 Å². The summed E-state index contributed by atoms with van der Waals surface area (Å²) in [6.45, 7) is 1.21. The zero-order valence-electron chi connectivity index (χ0n) is 25.8. The fourth-order valence-electron chi connectivity index (χ4n) is 5.59. The minimum atomic E-state index is -1.43. The van der Waals surface area contributed by atoms with E-state index in [2.05, 4.69) is 15.3 Å². The van der Waals surface area contributed by atoms with Crippen molar-refractivity contribution in [3.8, 4) is 11.4 Å². The molecule has 0 radical (unpaired) electrons. The van der Waals surface area contributed by atoms with E-state index in [9.17, 15) is 32.7 Å². The van der Waals surface area contributed by atoms with E-state index in [1.165, 1.54) is 25.6 Å². The zero-order chi connectivity index (χ0) is 34.7. The Labute approximate surface area is 276 Å². The van der Waals surface area contributed by atoms with Crippen molar-refractivity contribution in [2.45, 2.75) is 45.2 Å². The first kappa shape index (κ1) is 34.1. The van der Waals surface area contributed by atoms with Gasteiger partial charge < -0.3 is 20.9 Å². The van der Waals surface area contributed by atoms with Gasteiger partial charge in [-0.25, -0.2) is 27.3 Å². The fraction of sp³-hybridized carbons (Fsp3) is 0.242. The molecule has 1 unspecified atom stereocenters. The third-order valence-corrected chi connectivity index (χ3v) is 8.30. The lowest BCUT2D eigenvalue weighted by Crippen LogP contribution is -2.42. The van der Waals surface area contributed by atoms with Gasteiger partial charge >= 0.3 is 17.3 Å². The molecule has 0 bridgehead atoms. The van der Waals surface area contributed by atoms with Gasteiger partial charge in [0.1, 0.15) is 11.6 Å². The Hall–Kier alpha value is -5.21. The maximum absolute atomic E-state index is 15.0. The molecule has 0 saturated carbocycles. The van der Waals surface area contributed by atoms with Crippen LogP contribution in [0.2, 0.25) is 5.02 Å². The molecule has 0 aliphatic carbocycles. The number of ether oxygens (including phenoxy) is 1. The van der Waals surface area contributed by atoms with Crippen molar-refractivity contribution >= 4 is 40.0 Å². The molecule has 5 aromatic rings. The minimum absolute atomic E-state index is 0.0463. The van der Waals surface area contributed by atoms with Crippen LogP contribution in [0, 0.1) is 17.5 Å². The highest BCUT2D eigenvalue weighted by Gasteiger charge is 2.24. The zero-order valence-corrected chi connectivity index (χ0v) is 26.5. The van der Waals surface area contributed by atoms with Crippen molar-refractivity contribution in [1.82, 2.24) is 19.1 Å². The first-order valence-corrected chi connectivity index (χ1v) is 15.1. The molecule has 250 valence electrons. The smallest absolute Gasteiger partial charge is 0.359 e. The molecule has 0 aliphatic heterocycles. The molecule has 0 amide bonds. The fourth-order valence-corrected chi connectivity index (χ4v) is 5.85. The molecule has 11 nitrogen and oxygen atoms in total. The van der Waals surface area contributed by atoms with Crippen LogP contribution in [0.15, 0.2) is 64.4 Å². The Balaban J connectivity index is 1.77. The number of methoxy groups -OCH3 is 1. The van der Waals surface area contributed by atoms with Crippen molar-refractivity contribution in [3.63, 3.8) is 0 Å². The number of nitrogens with one attached hydrogen (secondary N) is 1. The quantitative estimate of drug-likeness (QED) is 0.142. The molecule has 0 saturated heterocycles. The summed E-state index contributed by atoms with van der Waals surface area (Å²) in [7, 11) is 1.42. The number of aliphatic carboxylic acids is 1. The van der Waals surface area contributed by atoms with Crippen LogP contribution in [0.1, 0.15) is 48.8 Å². The van der Waals surface area contributed by atoms with E-state index in [1.54, 1.807) is 24.3 Å². The number of nitrogens with two attached hydrogens (primary N) is 1. The number of benzene rings is 3. The Morgan fingerprint density at radius 1 is 1.08 bits per heavy atom. The first-order valence-electron chi connectivity index (χ1n) is 14.8. The number of hydrogen-bond acceptors (Lipinski definition) is 8. The number of carboxylic acid groups (broad SMARTS) is 1. The lowest BCUT2D eigenvalue weighted by Gasteiger charge is -2.23. The lowest BCUT2D eigenvalue weighted by molar-refractivity contribution is -0.137. The predicted octanol–water partition coefficient (Wildman–Crippen LogP) is 5.63. The van der Waals surface area contributed by atoms with Crippen LogP contribution in [0.3, 0.4) is 0 Å². The molecule has 0 fully saturated rings. The Bertz CT molecular complexity index is 2150. The van der Waals surface area contributed by atoms with Crippen molar-refractivity contribution in [1.29, 1.82) is 0 Å². The average Bonchev–Trinajstić information content (AvgIpc) is 3.06. The van der Waals surface area contributed by atoms with Gasteiger partial charge in [-0.3, -0.25) is 14.3 Å². The van der Waals surface area contributed by atoms with Gasteiger partial charge in [-0.2, -0.15) is 4.98 Å². The molecule has 0 aliphatic rings. The maximum atomic E-state index is 15.0. The Morgan fingerprint density at radius 2 is 1.83 bits per heavy atom. The lowest BCUT2D eigenvalue weighted by atomic mass is 9.90. The van der Waals surface area contributed by atoms with Gasteiger partial charge in [-0.1, -0.05) is 36.7 Å². The van der Waals surface area contributed by atoms with Crippen LogP contribution in [-0.4, -0.2) is 37.3 Å². The molecule has 3 aromatic carbocycles. The molecule has 2 aromatic heterocycles. The number of fused-ring (bicyclic) bond motifs is 1. The van der Waals surface area contributed by atoms with E-state index in [0.29, 0.717) is 46.2 Å². The molecule has 15 heteroatoms. The molecule has 0 spiro atoms. The van der Waals surface area contributed by atoms with Crippen molar-refractivity contribution in [3.05, 3.63) is 115 Å². The van der Waals surface area contributed by atoms with Gasteiger partial charge in [0.25, 0.3) is 0 Å². The number of carboxylic acids is 1. The molecule has 4 N–H and O–H groups in total. The van der Waals surface area contributed by atoms with Gasteiger partial charge in [0, 0.05) is 47.6 Å². The first-order chi connectivity index (χ1) is 23.0. The molecule has 1 atom stereocenters. The summed E-state index contributed by atoms with van der Waals surface area (Å²) in [6.07, 6.45) is 3.34. The molecular formula is C33H30ClF3N6O5. The molecule has 2 heterocycles. The van der Waals surface area contributed by atoms with E-state index in [1.807, 2.05) is 6.92 Å². The van der Waals surface area contributed by atoms with Crippen LogP contribution in [0.5, 0.6) is 5.75 Å². The number of anilines is 2. The summed E-state index contributed by atoms with van der Waals surface area (Å²) in [5.41, 5.74) is 4.80. The summed E-state index contributed by atoms with van der Waals surface area (Å²) >= 11 is 6.68. The highest BCUT2D eigenvalue weighted by molar-refractivity contribution is 6.33. The summed E-state index contributed by atoms with van der Waals surface area (Å²) in [5.74, 6) is -5.36. The summed E-state index contributed by atoms with van der Waals surface area (Å²) in [5, 5.41) is 13.4. The minimum Gasteiger partial charge on any atom is -0.497 e. The van der Waals surface area contributed by atoms with Crippen molar-refractivity contribution in [2.75, 3.05) is 12.4 Å². The number of rotatable bonds is 12. The van der Waals surface area contributed by atoms with Crippen molar-refractivity contribution < 1.29 is 27.8 Å². The van der Waals surface area contributed by atoms with Crippen molar-refractivity contribution in [2.24, 2.45) is 5.73 Å². The highest BCUT2D eigenvalue weighted by atomic mass is 35.5. The van der Waals surface area contributed by atoms with E-state index in [4.69, 9.17) is 22.1 Å². The molecule has 48 heavy (non-hydrogen) atoms. The summed E-state index contributed by atoms with van der Waals surface area (Å²) < 4.78 is 50.1. The second kappa shape index (κ2) is 14.3. The second-order valence-electron chi connectivity index (χ2n) is 10.9. The van der Waals surface area contributed by atoms with Gasteiger partial charge in [-0.15, -0.1) is 0 Å². The number of hydrogen-bond donors (Lipinski definition) is 3. The molecular weight excluding hydrogens is 653 g/mol. The standard InChI is InChI=1S/C33H30ClF3N6O5/c1-3-17(7-8-28(44)45)22-10-21(48-2)11-23(34)30(22)40-31-41-32(46)43(27-15-39-14-19-6-4-5-18(13-38)29(19)27)33(47)42(31)16-20-9-25(36)26(37)12-24(20)35/h4-6,9-12,14-15,17H,3,7-8,13,16,38H2,1-2H3,(H,44,45)(H,40,41,46). The number of carbonyl (C=O) groups is 1. The SMILES string of the molecule is CCC(CCC(=O)O)c1cc(OC)cc(Cl)c1Nc1nc(=O)n(-c2cncc3cccc(CN)c23)c(=O)n1Cc1cc(F)c(F)cc1F. The highest BCUT2D eigenvalue weighted by Crippen LogP contribution is 2.40. The summed E-state index contributed by atoms with van der Waals surface area (Å²) in [4.78, 5) is 47.8. The number of aromatic nitrogens is 4. The largest absolute Gasteiger partial charge is 0.497 e. The second-order valence-corrected chi connectivity index (χ2v) is 11.3. The third kappa shape index (κ3) is 6.75. The van der Waals surface area contributed by atoms with Gasteiger partial charge in [0.15, 0.2) is 11.6 Å². The normalized spacial score (nSPS) is 11.9. The van der Waals surface area contributed by atoms with Crippen LogP contribution in [0.25, 0.3) is 16.5 Å². The van der Waals surface area contributed by atoms with Crippen LogP contribution in [0.4, 0.5) is 24.8 Å². The summed E-state index contributed by atoms with van der Waals surface area (Å²) in [6, 6.07) is 9.23. The predicted molar refractivity (Wildman–Crippen MR) is 174 cm³/mol. The van der Waals surface area contributed by atoms with E-state index in [-0.39, 0.29) is 41.7 Å². The Morgan fingerprint density at radius 3 is 2.52 bits per heavy atom. The van der Waals surface area contributed by atoms with Crippen LogP contribution in [-0.2, 0) is 17.9 Å². The maximum Gasteiger partial charge on any atom is 0.359 e. The van der Waals surface area contributed by atoms with Gasteiger partial charge in [-0.05, 0) is 42.0 Å². The van der Waals surface area contributed by atoms with E-state index < -0.39 is 52.9 Å². The Kier molecular flexibility index (Phi) is 10.2. The third-order valence-electron chi connectivity index (χ3n) is 8.00.